The molecule has 2 amide bonds. The van der Waals surface area contributed by atoms with Gasteiger partial charge in [-0.25, -0.2) is 0 Å². The molecule has 0 aliphatic heterocycles. The van der Waals surface area contributed by atoms with Crippen LogP contribution < -0.4 is 16.4 Å². The molecular formula is C16H17BrN4O2. The lowest BCUT2D eigenvalue weighted by Crippen LogP contribution is -2.26. The van der Waals surface area contributed by atoms with Crippen LogP contribution in [0.3, 0.4) is 0 Å². The van der Waals surface area contributed by atoms with Crippen molar-refractivity contribution in [2.75, 3.05) is 18.4 Å². The van der Waals surface area contributed by atoms with Gasteiger partial charge in [-0.2, -0.15) is 0 Å². The van der Waals surface area contributed by atoms with E-state index in [1.165, 1.54) is 6.20 Å². The molecule has 7 heteroatoms. The SMILES string of the molecule is NC(=O)c1cnccc1NCCCNC(=O)c1ccc(Br)cc1. The van der Waals surface area contributed by atoms with Gasteiger partial charge in [-0.15, -0.1) is 0 Å². The fraction of sp³-hybridized carbons (Fsp3) is 0.188. The van der Waals surface area contributed by atoms with E-state index in [1.807, 2.05) is 12.1 Å². The molecule has 0 aliphatic carbocycles. The van der Waals surface area contributed by atoms with Crippen molar-refractivity contribution in [3.8, 4) is 0 Å². The van der Waals surface area contributed by atoms with Crippen molar-refractivity contribution in [1.29, 1.82) is 0 Å². The zero-order chi connectivity index (χ0) is 16.7. The van der Waals surface area contributed by atoms with Crippen LogP contribution in [-0.4, -0.2) is 29.9 Å². The Bertz CT molecular complexity index is 689. The van der Waals surface area contributed by atoms with E-state index in [9.17, 15) is 9.59 Å². The molecule has 120 valence electrons. The van der Waals surface area contributed by atoms with Crippen molar-refractivity contribution < 1.29 is 9.59 Å². The van der Waals surface area contributed by atoms with Gasteiger partial charge < -0.3 is 16.4 Å². The second kappa shape index (κ2) is 8.28. The van der Waals surface area contributed by atoms with Crippen molar-refractivity contribution in [3.05, 3.63) is 58.3 Å². The Balaban J connectivity index is 1.75. The first-order valence-corrected chi connectivity index (χ1v) is 7.88. The minimum absolute atomic E-state index is 0.112. The van der Waals surface area contributed by atoms with Gasteiger partial charge in [0.15, 0.2) is 0 Å². The van der Waals surface area contributed by atoms with E-state index in [1.54, 1.807) is 24.4 Å². The van der Waals surface area contributed by atoms with Crippen molar-refractivity contribution in [1.82, 2.24) is 10.3 Å². The third-order valence-corrected chi connectivity index (χ3v) is 3.68. The van der Waals surface area contributed by atoms with Crippen molar-refractivity contribution in [3.63, 3.8) is 0 Å². The number of rotatable bonds is 7. The van der Waals surface area contributed by atoms with Crippen LogP contribution in [0, 0.1) is 0 Å². The summed E-state index contributed by atoms with van der Waals surface area (Å²) >= 11 is 3.33. The summed E-state index contributed by atoms with van der Waals surface area (Å²) in [5, 5.41) is 5.96. The van der Waals surface area contributed by atoms with Gasteiger partial charge in [0, 0.05) is 35.5 Å². The molecular weight excluding hydrogens is 360 g/mol. The normalized spacial score (nSPS) is 10.1. The van der Waals surface area contributed by atoms with Crippen LogP contribution >= 0.6 is 15.9 Å². The number of pyridine rings is 1. The zero-order valence-electron chi connectivity index (χ0n) is 12.4. The van der Waals surface area contributed by atoms with Gasteiger partial charge in [0.1, 0.15) is 0 Å². The monoisotopic (exact) mass is 376 g/mol. The Morgan fingerprint density at radius 1 is 1.13 bits per heavy atom. The van der Waals surface area contributed by atoms with Crippen molar-refractivity contribution >= 4 is 33.4 Å². The summed E-state index contributed by atoms with van der Waals surface area (Å²) in [7, 11) is 0. The minimum Gasteiger partial charge on any atom is -0.384 e. The summed E-state index contributed by atoms with van der Waals surface area (Å²) in [6.45, 7) is 1.13. The van der Waals surface area contributed by atoms with Gasteiger partial charge in [-0.3, -0.25) is 14.6 Å². The van der Waals surface area contributed by atoms with Gasteiger partial charge in [-0.1, -0.05) is 15.9 Å². The highest BCUT2D eigenvalue weighted by molar-refractivity contribution is 9.10. The van der Waals surface area contributed by atoms with Crippen molar-refractivity contribution in [2.45, 2.75) is 6.42 Å². The van der Waals surface area contributed by atoms with Gasteiger partial charge in [0.25, 0.3) is 11.8 Å². The first-order valence-electron chi connectivity index (χ1n) is 7.09. The Labute approximate surface area is 142 Å². The molecule has 23 heavy (non-hydrogen) atoms. The minimum atomic E-state index is -0.524. The molecule has 1 aromatic heterocycles. The molecule has 0 radical (unpaired) electrons. The molecule has 0 spiro atoms. The summed E-state index contributed by atoms with van der Waals surface area (Å²) < 4.78 is 0.931. The number of anilines is 1. The van der Waals surface area contributed by atoms with Crippen LogP contribution in [-0.2, 0) is 0 Å². The number of hydrogen-bond donors (Lipinski definition) is 3. The molecule has 1 heterocycles. The summed E-state index contributed by atoms with van der Waals surface area (Å²) in [5.74, 6) is -0.636. The number of halogens is 1. The highest BCUT2D eigenvalue weighted by Crippen LogP contribution is 2.12. The van der Waals surface area contributed by atoms with Crippen LogP contribution in [0.1, 0.15) is 27.1 Å². The lowest BCUT2D eigenvalue weighted by molar-refractivity contribution is 0.0952. The van der Waals surface area contributed by atoms with Gasteiger partial charge in [0.2, 0.25) is 0 Å². The summed E-state index contributed by atoms with van der Waals surface area (Å²) in [5.41, 5.74) is 6.90. The number of nitrogens with one attached hydrogen (secondary N) is 2. The maximum absolute atomic E-state index is 11.9. The van der Waals surface area contributed by atoms with Crippen LogP contribution in [0.4, 0.5) is 5.69 Å². The largest absolute Gasteiger partial charge is 0.384 e. The zero-order valence-corrected chi connectivity index (χ0v) is 14.0. The Hall–Kier alpha value is -2.41. The number of amides is 2. The Morgan fingerprint density at radius 3 is 2.57 bits per heavy atom. The van der Waals surface area contributed by atoms with Gasteiger partial charge in [0.05, 0.1) is 11.3 Å². The highest BCUT2D eigenvalue weighted by atomic mass is 79.9. The van der Waals surface area contributed by atoms with E-state index in [4.69, 9.17) is 5.73 Å². The number of nitrogens with two attached hydrogens (primary N) is 1. The first kappa shape index (κ1) is 17.0. The third kappa shape index (κ3) is 5.07. The number of primary amides is 1. The van der Waals surface area contributed by atoms with Crippen LogP contribution in [0.5, 0.6) is 0 Å². The molecule has 0 saturated heterocycles. The molecule has 0 fully saturated rings. The molecule has 0 unspecified atom stereocenters. The summed E-state index contributed by atoms with van der Waals surface area (Å²) in [6, 6.07) is 8.86. The molecule has 6 nitrogen and oxygen atoms in total. The quantitative estimate of drug-likeness (QED) is 0.645. The number of carbonyl (C=O) groups excluding carboxylic acids is 2. The maximum atomic E-state index is 11.9. The fourth-order valence-electron chi connectivity index (χ4n) is 1.96. The van der Waals surface area contributed by atoms with E-state index in [0.29, 0.717) is 36.3 Å². The number of carbonyl (C=O) groups is 2. The molecule has 0 bridgehead atoms. The van der Waals surface area contributed by atoms with E-state index < -0.39 is 5.91 Å². The Morgan fingerprint density at radius 2 is 1.87 bits per heavy atom. The maximum Gasteiger partial charge on any atom is 0.252 e. The highest BCUT2D eigenvalue weighted by Gasteiger charge is 2.07. The first-order chi connectivity index (χ1) is 11.1. The van der Waals surface area contributed by atoms with Crippen LogP contribution in [0.15, 0.2) is 47.2 Å². The van der Waals surface area contributed by atoms with E-state index in [-0.39, 0.29) is 5.91 Å². The number of hydrogen-bond acceptors (Lipinski definition) is 4. The fourth-order valence-corrected chi connectivity index (χ4v) is 2.23. The Kier molecular flexibility index (Phi) is 6.10. The van der Waals surface area contributed by atoms with E-state index in [0.717, 1.165) is 4.47 Å². The second-order valence-corrected chi connectivity index (χ2v) is 5.74. The van der Waals surface area contributed by atoms with Gasteiger partial charge >= 0.3 is 0 Å². The molecule has 4 N–H and O–H groups in total. The predicted octanol–water partition coefficient (Wildman–Crippen LogP) is 2.17. The molecule has 0 atom stereocenters. The summed E-state index contributed by atoms with van der Waals surface area (Å²) in [4.78, 5) is 27.1. The van der Waals surface area contributed by atoms with E-state index in [2.05, 4.69) is 31.5 Å². The molecule has 2 rings (SSSR count). The number of nitrogens with zero attached hydrogens (tertiary/aromatic N) is 1. The molecule has 2 aromatic rings. The second-order valence-electron chi connectivity index (χ2n) is 4.83. The number of benzene rings is 1. The predicted molar refractivity (Wildman–Crippen MR) is 92.3 cm³/mol. The average Bonchev–Trinajstić information content (AvgIpc) is 2.55. The van der Waals surface area contributed by atoms with Crippen molar-refractivity contribution in [2.24, 2.45) is 5.73 Å². The van der Waals surface area contributed by atoms with E-state index >= 15 is 0 Å². The number of aromatic nitrogens is 1. The topological polar surface area (TPSA) is 97.1 Å². The molecule has 0 saturated carbocycles. The molecule has 1 aromatic carbocycles. The average molecular weight is 377 g/mol. The lowest BCUT2D eigenvalue weighted by Gasteiger charge is -2.10. The lowest BCUT2D eigenvalue weighted by atomic mass is 10.2. The molecule has 0 aliphatic rings. The summed E-state index contributed by atoms with van der Waals surface area (Å²) in [6.07, 6.45) is 3.73. The van der Waals surface area contributed by atoms with Gasteiger partial charge in [-0.05, 0) is 36.8 Å². The van der Waals surface area contributed by atoms with Crippen LogP contribution in [0.2, 0.25) is 0 Å². The smallest absolute Gasteiger partial charge is 0.252 e. The third-order valence-electron chi connectivity index (χ3n) is 3.15. The van der Waals surface area contributed by atoms with Crippen LogP contribution in [0.25, 0.3) is 0 Å². The standard InChI is InChI=1S/C16H17BrN4O2/c17-12-4-2-11(3-5-12)16(23)21-8-1-7-20-14-6-9-19-10-13(14)15(18)22/h2-6,9-10H,1,7-8H2,(H2,18,22)(H,19,20)(H,21,23).